The third-order valence-corrected chi connectivity index (χ3v) is 5.92. The minimum atomic E-state index is 0.0259. The molecule has 1 saturated carbocycles. The maximum Gasteiger partial charge on any atom is 0.317 e. The molecule has 0 bridgehead atoms. The SMILES string of the molecule is CC(C)NC(=O)N1CCN(C(C(=O)N2CCCC2)C2CCCC2)CC1. The molecular formula is C19H34N4O2. The molecule has 2 saturated heterocycles. The first-order valence-electron chi connectivity index (χ1n) is 10.1. The van der Waals surface area contributed by atoms with Crippen molar-refractivity contribution in [3.8, 4) is 0 Å². The van der Waals surface area contributed by atoms with Crippen LogP contribution >= 0.6 is 0 Å². The highest BCUT2D eigenvalue weighted by Crippen LogP contribution is 2.32. The van der Waals surface area contributed by atoms with Crippen molar-refractivity contribution < 1.29 is 9.59 Å². The largest absolute Gasteiger partial charge is 0.341 e. The Morgan fingerprint density at radius 2 is 1.44 bits per heavy atom. The average Bonchev–Trinajstić information content (AvgIpc) is 3.29. The van der Waals surface area contributed by atoms with Crippen molar-refractivity contribution in [2.24, 2.45) is 5.92 Å². The van der Waals surface area contributed by atoms with Crippen molar-refractivity contribution in [3.05, 3.63) is 0 Å². The Morgan fingerprint density at radius 1 is 0.840 bits per heavy atom. The average molecular weight is 351 g/mol. The van der Waals surface area contributed by atoms with Crippen molar-refractivity contribution in [3.63, 3.8) is 0 Å². The Morgan fingerprint density at radius 3 is 2.00 bits per heavy atom. The van der Waals surface area contributed by atoms with Crippen LogP contribution in [-0.4, -0.2) is 78.0 Å². The minimum Gasteiger partial charge on any atom is -0.341 e. The van der Waals surface area contributed by atoms with Gasteiger partial charge in [-0.25, -0.2) is 4.79 Å². The minimum absolute atomic E-state index is 0.0259. The molecule has 3 aliphatic rings. The maximum atomic E-state index is 13.2. The summed E-state index contributed by atoms with van der Waals surface area (Å²) in [5.41, 5.74) is 0. The third kappa shape index (κ3) is 4.46. The summed E-state index contributed by atoms with van der Waals surface area (Å²) < 4.78 is 0. The van der Waals surface area contributed by atoms with Gasteiger partial charge in [-0.05, 0) is 45.4 Å². The quantitative estimate of drug-likeness (QED) is 0.843. The van der Waals surface area contributed by atoms with Gasteiger partial charge in [0.05, 0.1) is 6.04 Å². The number of amides is 3. The number of piperazine rings is 1. The zero-order chi connectivity index (χ0) is 17.8. The van der Waals surface area contributed by atoms with E-state index in [9.17, 15) is 9.59 Å². The molecule has 25 heavy (non-hydrogen) atoms. The van der Waals surface area contributed by atoms with E-state index in [1.807, 2.05) is 18.7 Å². The van der Waals surface area contributed by atoms with Gasteiger partial charge in [0.1, 0.15) is 0 Å². The predicted octanol–water partition coefficient (Wildman–Crippen LogP) is 1.90. The first-order valence-corrected chi connectivity index (χ1v) is 10.1. The Balaban J connectivity index is 1.62. The second-order valence-corrected chi connectivity index (χ2v) is 8.15. The van der Waals surface area contributed by atoms with Gasteiger partial charge in [0.15, 0.2) is 0 Å². The summed E-state index contributed by atoms with van der Waals surface area (Å²) in [5, 5.41) is 2.97. The van der Waals surface area contributed by atoms with E-state index in [0.717, 1.165) is 52.1 Å². The van der Waals surface area contributed by atoms with E-state index >= 15 is 0 Å². The molecule has 3 fully saturated rings. The molecule has 3 amide bonds. The predicted molar refractivity (Wildman–Crippen MR) is 98.4 cm³/mol. The lowest BCUT2D eigenvalue weighted by atomic mass is 9.94. The van der Waals surface area contributed by atoms with Crippen LogP contribution in [0.1, 0.15) is 52.4 Å². The van der Waals surface area contributed by atoms with Gasteiger partial charge >= 0.3 is 6.03 Å². The number of nitrogens with one attached hydrogen (secondary N) is 1. The Bertz CT molecular complexity index is 462. The zero-order valence-electron chi connectivity index (χ0n) is 15.9. The normalized spacial score (nSPS) is 24.1. The number of hydrogen-bond donors (Lipinski definition) is 1. The highest BCUT2D eigenvalue weighted by molar-refractivity contribution is 5.82. The van der Waals surface area contributed by atoms with Gasteiger partial charge < -0.3 is 15.1 Å². The first-order chi connectivity index (χ1) is 12.1. The molecule has 0 spiro atoms. The molecule has 1 unspecified atom stereocenters. The van der Waals surface area contributed by atoms with E-state index in [4.69, 9.17) is 0 Å². The summed E-state index contributed by atoms with van der Waals surface area (Å²) >= 11 is 0. The van der Waals surface area contributed by atoms with Crippen molar-refractivity contribution in [2.45, 2.75) is 64.5 Å². The number of likely N-dealkylation sites (tertiary alicyclic amines) is 1. The first kappa shape index (κ1) is 18.5. The van der Waals surface area contributed by atoms with E-state index in [-0.39, 0.29) is 18.1 Å². The molecule has 0 aromatic heterocycles. The van der Waals surface area contributed by atoms with Crippen LogP contribution in [0.5, 0.6) is 0 Å². The van der Waals surface area contributed by atoms with E-state index in [1.54, 1.807) is 0 Å². The monoisotopic (exact) mass is 350 g/mol. The molecule has 3 rings (SSSR count). The number of nitrogens with zero attached hydrogens (tertiary/aromatic N) is 3. The Kier molecular flexibility index (Phi) is 6.20. The fourth-order valence-electron chi connectivity index (χ4n) is 4.60. The van der Waals surface area contributed by atoms with Crippen molar-refractivity contribution >= 4 is 11.9 Å². The Hall–Kier alpha value is -1.30. The number of urea groups is 1. The van der Waals surface area contributed by atoms with Crippen LogP contribution in [-0.2, 0) is 4.79 Å². The lowest BCUT2D eigenvalue weighted by Crippen LogP contribution is -2.59. The summed E-state index contributed by atoms with van der Waals surface area (Å²) in [6, 6.07) is 0.224. The third-order valence-electron chi connectivity index (χ3n) is 5.92. The molecule has 0 radical (unpaired) electrons. The highest BCUT2D eigenvalue weighted by Gasteiger charge is 2.39. The summed E-state index contributed by atoms with van der Waals surface area (Å²) in [6.45, 7) is 8.89. The van der Waals surface area contributed by atoms with Crippen LogP contribution in [0.3, 0.4) is 0 Å². The van der Waals surface area contributed by atoms with E-state index in [0.29, 0.717) is 11.8 Å². The van der Waals surface area contributed by atoms with Gasteiger partial charge in [0.2, 0.25) is 5.91 Å². The molecule has 142 valence electrons. The van der Waals surface area contributed by atoms with Crippen LogP contribution in [0.25, 0.3) is 0 Å². The maximum absolute atomic E-state index is 13.2. The molecule has 1 aliphatic carbocycles. The summed E-state index contributed by atoms with van der Waals surface area (Å²) in [7, 11) is 0. The van der Waals surface area contributed by atoms with Crippen LogP contribution in [0.15, 0.2) is 0 Å². The second-order valence-electron chi connectivity index (χ2n) is 8.15. The van der Waals surface area contributed by atoms with Crippen LogP contribution in [0.4, 0.5) is 4.79 Å². The summed E-state index contributed by atoms with van der Waals surface area (Å²) in [4.78, 5) is 31.7. The van der Waals surface area contributed by atoms with E-state index in [2.05, 4.69) is 15.1 Å². The highest BCUT2D eigenvalue weighted by atomic mass is 16.2. The van der Waals surface area contributed by atoms with Crippen LogP contribution in [0.2, 0.25) is 0 Å². The molecule has 6 heteroatoms. The standard InChI is InChI=1S/C19H34N4O2/c1-15(2)20-19(25)23-13-11-21(12-14-23)17(16-7-3-4-8-16)18(24)22-9-5-6-10-22/h15-17H,3-14H2,1-2H3,(H,20,25). The molecular weight excluding hydrogens is 316 g/mol. The zero-order valence-corrected chi connectivity index (χ0v) is 15.9. The fourth-order valence-corrected chi connectivity index (χ4v) is 4.60. The smallest absolute Gasteiger partial charge is 0.317 e. The van der Waals surface area contributed by atoms with Gasteiger partial charge in [-0.15, -0.1) is 0 Å². The molecule has 2 heterocycles. The lowest BCUT2D eigenvalue weighted by molar-refractivity contribution is -0.138. The molecule has 1 N–H and O–H groups in total. The van der Waals surface area contributed by atoms with E-state index < -0.39 is 0 Å². The molecule has 0 aromatic rings. The lowest BCUT2D eigenvalue weighted by Gasteiger charge is -2.42. The summed E-state index contributed by atoms with van der Waals surface area (Å²) in [6.07, 6.45) is 7.16. The molecule has 1 atom stereocenters. The number of rotatable bonds is 4. The van der Waals surface area contributed by atoms with Crippen molar-refractivity contribution in [1.82, 2.24) is 20.0 Å². The van der Waals surface area contributed by atoms with Gasteiger partial charge in [-0.3, -0.25) is 9.69 Å². The number of carbonyl (C=O) groups is 2. The second kappa shape index (κ2) is 8.39. The van der Waals surface area contributed by atoms with Crippen molar-refractivity contribution in [2.75, 3.05) is 39.3 Å². The summed E-state index contributed by atoms with van der Waals surface area (Å²) in [5.74, 6) is 0.855. The number of carbonyl (C=O) groups excluding carboxylic acids is 2. The molecule has 6 nitrogen and oxygen atoms in total. The molecule has 0 aromatic carbocycles. The molecule has 2 aliphatic heterocycles. The van der Waals surface area contributed by atoms with Crippen LogP contribution in [0, 0.1) is 5.92 Å². The van der Waals surface area contributed by atoms with Crippen molar-refractivity contribution in [1.29, 1.82) is 0 Å². The Labute approximate surface area is 151 Å². The number of hydrogen-bond acceptors (Lipinski definition) is 3. The van der Waals surface area contributed by atoms with E-state index in [1.165, 1.54) is 25.7 Å². The topological polar surface area (TPSA) is 55.9 Å². The van der Waals surface area contributed by atoms with Gasteiger partial charge in [-0.2, -0.15) is 0 Å². The fraction of sp³-hybridized carbons (Fsp3) is 0.895. The van der Waals surface area contributed by atoms with Gasteiger partial charge in [0, 0.05) is 45.3 Å². The van der Waals surface area contributed by atoms with Crippen LogP contribution < -0.4 is 5.32 Å². The van der Waals surface area contributed by atoms with Gasteiger partial charge in [0.25, 0.3) is 0 Å². The van der Waals surface area contributed by atoms with Gasteiger partial charge in [-0.1, -0.05) is 12.8 Å².